The van der Waals surface area contributed by atoms with Crippen LogP contribution < -0.4 is 4.74 Å². The highest BCUT2D eigenvalue weighted by atomic mass is 35.5. The van der Waals surface area contributed by atoms with Crippen molar-refractivity contribution in [2.75, 3.05) is 32.8 Å². The monoisotopic (exact) mass is 414 g/mol. The fourth-order valence-corrected chi connectivity index (χ4v) is 3.28. The second-order valence-electron chi connectivity index (χ2n) is 6.01. The van der Waals surface area contributed by atoms with Crippen LogP contribution in [0.15, 0.2) is 48.5 Å². The van der Waals surface area contributed by atoms with E-state index in [-0.39, 0.29) is 24.9 Å². The molecule has 1 aliphatic rings. The minimum Gasteiger partial charge on any atom is -0.482 e. The lowest BCUT2D eigenvalue weighted by Gasteiger charge is -2.34. The molecule has 0 N–H and O–H groups in total. The molecule has 140 valence electrons. The number of carbonyl (C=O) groups is 1. The molecule has 0 atom stereocenters. The lowest BCUT2D eigenvalue weighted by Crippen LogP contribution is -2.49. The van der Waals surface area contributed by atoms with Gasteiger partial charge in [-0.05, 0) is 23.8 Å². The Labute approximate surface area is 170 Å². The molecular formula is C19H21Cl3N2O2. The molecule has 1 amide bonds. The molecular weight excluding hydrogens is 395 g/mol. The Bertz CT molecular complexity index is 720. The third-order valence-electron chi connectivity index (χ3n) is 4.22. The normalized spacial score (nSPS) is 14.6. The van der Waals surface area contributed by atoms with E-state index >= 15 is 0 Å². The van der Waals surface area contributed by atoms with Crippen molar-refractivity contribution in [2.45, 2.75) is 6.54 Å². The highest BCUT2D eigenvalue weighted by Crippen LogP contribution is 2.27. The quantitative estimate of drug-likeness (QED) is 0.736. The first kappa shape index (κ1) is 20.8. The van der Waals surface area contributed by atoms with Crippen molar-refractivity contribution in [3.63, 3.8) is 0 Å². The fraction of sp³-hybridized carbons (Fsp3) is 0.316. The van der Waals surface area contributed by atoms with Gasteiger partial charge in [0.2, 0.25) is 0 Å². The Kier molecular flexibility index (Phi) is 8.04. The largest absolute Gasteiger partial charge is 0.482 e. The highest BCUT2D eigenvalue weighted by molar-refractivity contribution is 6.35. The number of hydrogen-bond acceptors (Lipinski definition) is 3. The molecule has 0 bridgehead atoms. The SMILES string of the molecule is Cl.O=C(COc1ccc(Cl)cc1Cl)N1CCN(Cc2ccccc2)CC1. The lowest BCUT2D eigenvalue weighted by molar-refractivity contribution is -0.135. The van der Waals surface area contributed by atoms with Crippen molar-refractivity contribution in [2.24, 2.45) is 0 Å². The topological polar surface area (TPSA) is 32.8 Å². The molecule has 2 aromatic carbocycles. The number of amides is 1. The molecule has 1 fully saturated rings. The van der Waals surface area contributed by atoms with Crippen molar-refractivity contribution in [3.8, 4) is 5.75 Å². The first-order valence-corrected chi connectivity index (χ1v) is 8.99. The number of hydrogen-bond donors (Lipinski definition) is 0. The maximum Gasteiger partial charge on any atom is 0.260 e. The Morgan fingerprint density at radius 1 is 1.00 bits per heavy atom. The number of benzene rings is 2. The van der Waals surface area contributed by atoms with Gasteiger partial charge in [0, 0.05) is 37.7 Å². The molecule has 1 aliphatic heterocycles. The Morgan fingerprint density at radius 2 is 1.69 bits per heavy atom. The van der Waals surface area contributed by atoms with E-state index < -0.39 is 0 Å². The van der Waals surface area contributed by atoms with Crippen LogP contribution in [-0.2, 0) is 11.3 Å². The summed E-state index contributed by atoms with van der Waals surface area (Å²) in [6, 6.07) is 15.3. The van der Waals surface area contributed by atoms with Crippen molar-refractivity contribution in [1.29, 1.82) is 0 Å². The third-order valence-corrected chi connectivity index (χ3v) is 4.75. The molecule has 7 heteroatoms. The smallest absolute Gasteiger partial charge is 0.260 e. The minimum atomic E-state index is -0.0228. The molecule has 1 saturated heterocycles. The van der Waals surface area contributed by atoms with Crippen LogP contribution in [0.25, 0.3) is 0 Å². The van der Waals surface area contributed by atoms with Gasteiger partial charge in [-0.3, -0.25) is 9.69 Å². The van der Waals surface area contributed by atoms with Gasteiger partial charge in [0.05, 0.1) is 5.02 Å². The third kappa shape index (κ3) is 5.78. The molecule has 0 saturated carbocycles. The number of piperazine rings is 1. The Balaban J connectivity index is 0.00000243. The predicted molar refractivity (Wildman–Crippen MR) is 108 cm³/mol. The average Bonchev–Trinajstić information content (AvgIpc) is 2.62. The molecule has 0 unspecified atom stereocenters. The fourth-order valence-electron chi connectivity index (χ4n) is 2.82. The maximum absolute atomic E-state index is 12.3. The number of ether oxygens (including phenoxy) is 1. The van der Waals surface area contributed by atoms with Crippen molar-refractivity contribution >= 4 is 41.5 Å². The lowest BCUT2D eigenvalue weighted by atomic mass is 10.2. The van der Waals surface area contributed by atoms with Crippen LogP contribution in [0.2, 0.25) is 10.0 Å². The molecule has 0 spiro atoms. The summed E-state index contributed by atoms with van der Waals surface area (Å²) in [7, 11) is 0. The standard InChI is InChI=1S/C19H20Cl2N2O2.ClH/c20-16-6-7-18(17(21)12-16)25-14-19(24)23-10-8-22(9-11-23)13-15-4-2-1-3-5-15;/h1-7,12H,8-11,13-14H2;1H. The van der Waals surface area contributed by atoms with E-state index in [2.05, 4.69) is 17.0 Å². The highest BCUT2D eigenvalue weighted by Gasteiger charge is 2.21. The van der Waals surface area contributed by atoms with E-state index in [0.717, 1.165) is 19.6 Å². The summed E-state index contributed by atoms with van der Waals surface area (Å²) in [4.78, 5) is 16.5. The summed E-state index contributed by atoms with van der Waals surface area (Å²) in [6.07, 6.45) is 0. The van der Waals surface area contributed by atoms with Crippen LogP contribution in [0.5, 0.6) is 5.75 Å². The van der Waals surface area contributed by atoms with Gasteiger partial charge in [0.15, 0.2) is 6.61 Å². The van der Waals surface area contributed by atoms with Gasteiger partial charge in [-0.15, -0.1) is 12.4 Å². The zero-order chi connectivity index (χ0) is 17.6. The molecule has 0 radical (unpaired) electrons. The number of nitrogens with zero attached hydrogens (tertiary/aromatic N) is 2. The predicted octanol–water partition coefficient (Wildman–Crippen LogP) is 4.14. The van der Waals surface area contributed by atoms with Crippen LogP contribution in [0, 0.1) is 0 Å². The van der Waals surface area contributed by atoms with Crippen LogP contribution >= 0.6 is 35.6 Å². The number of rotatable bonds is 5. The van der Waals surface area contributed by atoms with E-state index in [1.54, 1.807) is 18.2 Å². The summed E-state index contributed by atoms with van der Waals surface area (Å²) in [5.74, 6) is 0.451. The summed E-state index contributed by atoms with van der Waals surface area (Å²) in [5, 5.41) is 0.950. The second-order valence-corrected chi connectivity index (χ2v) is 6.85. The molecule has 26 heavy (non-hydrogen) atoms. The minimum absolute atomic E-state index is 0. The van der Waals surface area contributed by atoms with Crippen LogP contribution in [0.3, 0.4) is 0 Å². The molecule has 1 heterocycles. The van der Waals surface area contributed by atoms with E-state index in [0.29, 0.717) is 28.9 Å². The van der Waals surface area contributed by atoms with E-state index in [4.69, 9.17) is 27.9 Å². The molecule has 3 rings (SSSR count). The van der Waals surface area contributed by atoms with Crippen LogP contribution in [0.1, 0.15) is 5.56 Å². The van der Waals surface area contributed by atoms with Crippen molar-refractivity contribution < 1.29 is 9.53 Å². The summed E-state index contributed by atoms with van der Waals surface area (Å²) < 4.78 is 5.53. The van der Waals surface area contributed by atoms with Crippen molar-refractivity contribution in [1.82, 2.24) is 9.80 Å². The summed E-state index contributed by atoms with van der Waals surface area (Å²) in [6.45, 7) is 4.05. The molecule has 4 nitrogen and oxygen atoms in total. The van der Waals surface area contributed by atoms with Gasteiger partial charge in [-0.1, -0.05) is 53.5 Å². The summed E-state index contributed by atoms with van der Waals surface area (Å²) >= 11 is 11.9. The maximum atomic E-state index is 12.3. The average molecular weight is 416 g/mol. The van der Waals surface area contributed by atoms with E-state index in [9.17, 15) is 4.79 Å². The number of halogens is 3. The number of carbonyl (C=O) groups excluding carboxylic acids is 1. The van der Waals surface area contributed by atoms with Gasteiger partial charge < -0.3 is 9.64 Å². The zero-order valence-corrected chi connectivity index (χ0v) is 16.6. The van der Waals surface area contributed by atoms with Crippen molar-refractivity contribution in [3.05, 3.63) is 64.1 Å². The molecule has 2 aromatic rings. The Hall–Kier alpha value is -1.46. The first-order chi connectivity index (χ1) is 12.1. The van der Waals surface area contributed by atoms with E-state index in [1.165, 1.54) is 5.56 Å². The van der Waals surface area contributed by atoms with Crippen LogP contribution in [-0.4, -0.2) is 48.5 Å². The van der Waals surface area contributed by atoms with Gasteiger partial charge in [-0.25, -0.2) is 0 Å². The second kappa shape index (κ2) is 10.0. The van der Waals surface area contributed by atoms with Gasteiger partial charge >= 0.3 is 0 Å². The zero-order valence-electron chi connectivity index (χ0n) is 14.2. The van der Waals surface area contributed by atoms with E-state index in [1.807, 2.05) is 23.1 Å². The summed E-state index contributed by atoms with van der Waals surface area (Å²) in [5.41, 5.74) is 1.29. The van der Waals surface area contributed by atoms with Crippen LogP contribution in [0.4, 0.5) is 0 Å². The molecule has 0 aliphatic carbocycles. The molecule has 0 aromatic heterocycles. The Morgan fingerprint density at radius 3 is 2.35 bits per heavy atom. The van der Waals surface area contributed by atoms with Gasteiger partial charge in [0.1, 0.15) is 5.75 Å². The van der Waals surface area contributed by atoms with Gasteiger partial charge in [0.25, 0.3) is 5.91 Å². The van der Waals surface area contributed by atoms with Gasteiger partial charge in [-0.2, -0.15) is 0 Å². The first-order valence-electron chi connectivity index (χ1n) is 8.24.